The molecule has 0 aliphatic carbocycles. The maximum Gasteiger partial charge on any atom is 0.214 e. The van der Waals surface area contributed by atoms with E-state index in [1.165, 1.54) is 0 Å². The van der Waals surface area contributed by atoms with Gasteiger partial charge in [0.1, 0.15) is 0 Å². The third kappa shape index (κ3) is 262. The minimum atomic E-state index is -1.06. The van der Waals surface area contributed by atoms with Crippen LogP contribution in [-0.2, 0) is 0 Å². The van der Waals surface area contributed by atoms with E-state index in [-0.39, 0.29) is 0 Å². The van der Waals surface area contributed by atoms with Crippen LogP contribution in [0.5, 0.6) is 0 Å². The fourth-order valence-corrected chi connectivity index (χ4v) is 0. The van der Waals surface area contributed by atoms with Gasteiger partial charge in [0.2, 0.25) is 6.93 Å². The second-order valence-corrected chi connectivity index (χ2v) is 15.4. The first-order valence-corrected chi connectivity index (χ1v) is 10.5. The van der Waals surface area contributed by atoms with Crippen molar-refractivity contribution in [2.45, 2.75) is 0 Å². The van der Waals surface area contributed by atoms with E-state index < -0.39 is 6.93 Å². The fraction of sp³-hybridized carbons (Fsp3) is 1.00. The molecule has 0 bridgehead atoms. The topological polar surface area (TPSA) is 3.24 Å². The van der Waals surface area contributed by atoms with Gasteiger partial charge in [-0.2, -0.15) is 22.2 Å². The van der Waals surface area contributed by atoms with Crippen LogP contribution in [-0.4, -0.2) is 42.7 Å². The zero-order chi connectivity index (χ0) is 7.15. The largest absolute Gasteiger partial charge is 0.312 e. The lowest BCUT2D eigenvalue weighted by atomic mass is 11.0. The summed E-state index contributed by atoms with van der Waals surface area (Å²) in [5.41, 5.74) is 0. The number of hydrogen-bond acceptors (Lipinski definition) is 1. The van der Waals surface area contributed by atoms with Gasteiger partial charge in [-0.05, 0) is 21.1 Å². The Balaban J connectivity index is 0. The van der Waals surface area contributed by atoms with Gasteiger partial charge in [0.25, 0.3) is 0 Å². The molecule has 0 amide bonds. The minimum absolute atomic E-state index is 1.02. The van der Waals surface area contributed by atoms with Crippen LogP contribution in [0.25, 0.3) is 0 Å². The first-order valence-electron chi connectivity index (χ1n) is 2.36. The molecule has 0 aromatic carbocycles. The monoisotopic (exact) mass is 189 g/mol. The number of nitrogens with zero attached hydrogens (tertiary/aromatic N) is 1. The van der Waals surface area contributed by atoms with Crippen LogP contribution in [0.4, 0.5) is 0 Å². The second-order valence-electron chi connectivity index (χ2n) is 1.86. The molecule has 0 aliphatic rings. The molecule has 0 aromatic heterocycles. The SMILES string of the molecule is CN(C)C.[SiH3][SiH](Cl)Cl. The molecule has 0 aliphatic heterocycles. The van der Waals surface area contributed by atoms with Crippen molar-refractivity contribution < 1.29 is 0 Å². The van der Waals surface area contributed by atoms with Crippen molar-refractivity contribution in [3.05, 3.63) is 0 Å². The molecule has 5 heteroatoms. The van der Waals surface area contributed by atoms with E-state index in [9.17, 15) is 0 Å². The Labute approximate surface area is 65.2 Å². The summed E-state index contributed by atoms with van der Waals surface area (Å²) in [6, 6.07) is 0. The molecule has 0 aromatic rings. The Bertz CT molecular complexity index is 30.8. The van der Waals surface area contributed by atoms with Crippen LogP contribution >= 0.6 is 22.2 Å². The van der Waals surface area contributed by atoms with Crippen LogP contribution < -0.4 is 0 Å². The summed E-state index contributed by atoms with van der Waals surface area (Å²) in [5.74, 6) is 0. The molecule has 0 atom stereocenters. The molecule has 0 saturated carbocycles. The normalized spacial score (nSPS) is 9.38. The maximum absolute atomic E-state index is 5.24. The van der Waals surface area contributed by atoms with E-state index in [1.54, 1.807) is 0 Å². The third-order valence-corrected chi connectivity index (χ3v) is 0. The minimum Gasteiger partial charge on any atom is -0.312 e. The number of rotatable bonds is 0. The van der Waals surface area contributed by atoms with Crippen LogP contribution in [0.1, 0.15) is 0 Å². The van der Waals surface area contributed by atoms with E-state index in [4.69, 9.17) is 22.2 Å². The van der Waals surface area contributed by atoms with E-state index >= 15 is 0 Å². The maximum atomic E-state index is 5.24. The van der Waals surface area contributed by atoms with Gasteiger partial charge >= 0.3 is 0 Å². The molecule has 0 unspecified atom stereocenters. The Hall–Kier alpha value is 0.974. The Morgan fingerprint density at radius 1 is 1.25 bits per heavy atom. The van der Waals surface area contributed by atoms with Gasteiger partial charge in [0.05, 0.1) is 0 Å². The summed E-state index contributed by atoms with van der Waals surface area (Å²) in [6.07, 6.45) is 0. The van der Waals surface area contributed by atoms with E-state index in [1.807, 2.05) is 26.0 Å². The van der Waals surface area contributed by atoms with Crippen molar-refractivity contribution in [2.24, 2.45) is 0 Å². The quantitative estimate of drug-likeness (QED) is 0.375. The predicted octanol–water partition coefficient (Wildman–Crippen LogP) is -0.276. The molecule has 1 nitrogen and oxygen atoms in total. The highest BCUT2D eigenvalue weighted by Crippen LogP contribution is 1.83. The summed E-state index contributed by atoms with van der Waals surface area (Å²) >= 11 is 10.5. The molecule has 0 radical (unpaired) electrons. The van der Waals surface area contributed by atoms with Crippen molar-refractivity contribution in [1.82, 2.24) is 4.90 Å². The summed E-state index contributed by atoms with van der Waals surface area (Å²) in [5, 5.41) is 0. The highest BCUT2D eigenvalue weighted by Gasteiger charge is 1.80. The molecular weight excluding hydrogens is 177 g/mol. The molecule has 0 saturated heterocycles. The van der Waals surface area contributed by atoms with E-state index in [2.05, 4.69) is 0 Å². The van der Waals surface area contributed by atoms with Crippen LogP contribution in [0.15, 0.2) is 0 Å². The van der Waals surface area contributed by atoms with E-state index in [0.717, 1.165) is 9.76 Å². The first kappa shape index (κ1) is 11.7. The molecule has 0 spiro atoms. The number of halogens is 2. The molecule has 0 heterocycles. The van der Waals surface area contributed by atoms with Gasteiger partial charge in [-0.15, -0.1) is 0 Å². The Kier molecular flexibility index (Phi) is 11.7. The molecule has 8 heavy (non-hydrogen) atoms. The van der Waals surface area contributed by atoms with Crippen LogP contribution in [0.3, 0.4) is 0 Å². The summed E-state index contributed by atoms with van der Waals surface area (Å²) in [7, 11) is 7.02. The average molecular weight is 190 g/mol. The molecule has 0 fully saturated rings. The van der Waals surface area contributed by atoms with Gasteiger partial charge in [-0.1, -0.05) is 0 Å². The standard InChI is InChI=1S/C3H9N.Cl2H4Si2/c2*1-4(2)3/h1-3H3;4H,3H3. The predicted molar refractivity (Wildman–Crippen MR) is 48.4 cm³/mol. The van der Waals surface area contributed by atoms with Gasteiger partial charge in [0, 0.05) is 9.76 Å². The first-order chi connectivity index (χ1) is 3.46. The molecule has 0 rings (SSSR count). The molecule has 0 N–H and O–H groups in total. The summed E-state index contributed by atoms with van der Waals surface area (Å²) < 4.78 is 0. The van der Waals surface area contributed by atoms with Crippen LogP contribution in [0.2, 0.25) is 0 Å². The van der Waals surface area contributed by atoms with Crippen molar-refractivity contribution in [3.63, 3.8) is 0 Å². The lowest BCUT2D eigenvalue weighted by Gasteiger charge is -1.90. The Morgan fingerprint density at radius 2 is 1.25 bits per heavy atom. The summed E-state index contributed by atoms with van der Waals surface area (Å²) in [4.78, 5) is 2.00. The van der Waals surface area contributed by atoms with Crippen molar-refractivity contribution in [1.29, 1.82) is 0 Å². The number of hydrogen-bond donors (Lipinski definition) is 0. The zero-order valence-electron chi connectivity index (χ0n) is 5.78. The smallest absolute Gasteiger partial charge is 0.214 e. The van der Waals surface area contributed by atoms with Gasteiger partial charge in [-0.25, -0.2) is 0 Å². The zero-order valence-corrected chi connectivity index (χ0v) is 10.4. The van der Waals surface area contributed by atoms with Crippen molar-refractivity contribution in [3.8, 4) is 0 Å². The van der Waals surface area contributed by atoms with Crippen molar-refractivity contribution >= 4 is 38.9 Å². The van der Waals surface area contributed by atoms with E-state index in [0.29, 0.717) is 0 Å². The fourth-order valence-electron chi connectivity index (χ4n) is 0. The molecule has 52 valence electrons. The highest BCUT2D eigenvalue weighted by atomic mass is 35.7. The van der Waals surface area contributed by atoms with Gasteiger partial charge in [0.15, 0.2) is 0 Å². The van der Waals surface area contributed by atoms with Crippen LogP contribution in [0, 0.1) is 0 Å². The average Bonchev–Trinajstić information content (AvgIpc) is 1.25. The van der Waals surface area contributed by atoms with Gasteiger partial charge in [-0.3, -0.25) is 0 Å². The summed E-state index contributed by atoms with van der Waals surface area (Å²) in [6.45, 7) is -1.06. The second kappa shape index (κ2) is 7.97. The highest BCUT2D eigenvalue weighted by molar-refractivity contribution is 7.52. The third-order valence-electron chi connectivity index (χ3n) is 0. The lowest BCUT2D eigenvalue weighted by Crippen LogP contribution is -1.99. The Morgan fingerprint density at radius 3 is 1.25 bits per heavy atom. The van der Waals surface area contributed by atoms with Crippen molar-refractivity contribution in [2.75, 3.05) is 21.1 Å². The van der Waals surface area contributed by atoms with Gasteiger partial charge < -0.3 is 4.90 Å². The lowest BCUT2D eigenvalue weighted by molar-refractivity contribution is 0.505. The molecular formula is C3H13Cl2NSi2.